The molecule has 6 heteroatoms. The molecular weight excluding hydrogens is 242 g/mol. The summed E-state index contributed by atoms with van der Waals surface area (Å²) in [5.74, 6) is 1.57. The Kier molecular flexibility index (Phi) is 3.02. The minimum Gasteiger partial charge on any atom is -0.339 e. The molecule has 0 atom stereocenters. The lowest BCUT2D eigenvalue weighted by Gasteiger charge is -2.39. The average molecular weight is 259 g/mol. The quantitative estimate of drug-likeness (QED) is 0.894. The number of nitrogens with zero attached hydrogens (tertiary/aromatic N) is 4. The van der Waals surface area contributed by atoms with Gasteiger partial charge in [0.2, 0.25) is 17.5 Å². The molecule has 0 saturated heterocycles. The minimum absolute atomic E-state index is 0.165. The van der Waals surface area contributed by atoms with E-state index in [0.29, 0.717) is 24.1 Å². The zero-order chi connectivity index (χ0) is 13.3. The first-order valence-electron chi connectivity index (χ1n) is 6.52. The Labute approximate surface area is 111 Å². The van der Waals surface area contributed by atoms with Crippen LogP contribution in [0.2, 0.25) is 0 Å². The molecule has 0 spiro atoms. The van der Waals surface area contributed by atoms with Gasteiger partial charge >= 0.3 is 0 Å². The normalized spacial score (nSPS) is 17.2. The monoisotopic (exact) mass is 259 g/mol. The summed E-state index contributed by atoms with van der Waals surface area (Å²) in [6, 6.07) is 0. The van der Waals surface area contributed by atoms with Gasteiger partial charge in [0, 0.05) is 18.8 Å². The Morgan fingerprint density at radius 3 is 2.58 bits per heavy atom. The highest BCUT2D eigenvalue weighted by molar-refractivity contribution is 5.40. The summed E-state index contributed by atoms with van der Waals surface area (Å²) in [7, 11) is 0. The lowest BCUT2D eigenvalue weighted by molar-refractivity contribution is 0.129. The molecule has 1 fully saturated rings. The van der Waals surface area contributed by atoms with E-state index in [2.05, 4.69) is 20.1 Å². The molecule has 2 aromatic rings. The highest BCUT2D eigenvalue weighted by atomic mass is 16.5. The van der Waals surface area contributed by atoms with Crippen LogP contribution in [-0.2, 0) is 6.42 Å². The van der Waals surface area contributed by atoms with E-state index in [4.69, 9.17) is 10.3 Å². The maximum absolute atomic E-state index is 5.84. The van der Waals surface area contributed by atoms with Gasteiger partial charge in [-0.2, -0.15) is 4.98 Å². The van der Waals surface area contributed by atoms with E-state index in [1.165, 1.54) is 6.42 Å². The third-order valence-corrected chi connectivity index (χ3v) is 3.82. The van der Waals surface area contributed by atoms with Crippen LogP contribution in [0.4, 0.5) is 0 Å². The van der Waals surface area contributed by atoms with Crippen LogP contribution in [0.1, 0.15) is 30.7 Å². The van der Waals surface area contributed by atoms with Crippen molar-refractivity contribution in [2.24, 2.45) is 11.1 Å². The van der Waals surface area contributed by atoms with Crippen molar-refractivity contribution >= 4 is 0 Å². The Balaban J connectivity index is 1.77. The maximum Gasteiger partial charge on any atom is 0.240 e. The van der Waals surface area contributed by atoms with Crippen molar-refractivity contribution in [3.8, 4) is 11.6 Å². The van der Waals surface area contributed by atoms with Gasteiger partial charge in [-0.1, -0.05) is 11.6 Å². The van der Waals surface area contributed by atoms with Crippen LogP contribution in [-0.4, -0.2) is 26.7 Å². The summed E-state index contributed by atoms with van der Waals surface area (Å²) in [4.78, 5) is 12.8. The molecule has 2 N–H and O–H groups in total. The van der Waals surface area contributed by atoms with Crippen molar-refractivity contribution in [2.75, 3.05) is 6.54 Å². The number of aryl methyl sites for hydroxylation is 1. The van der Waals surface area contributed by atoms with Gasteiger partial charge in [0.15, 0.2) is 0 Å². The molecule has 2 aromatic heterocycles. The van der Waals surface area contributed by atoms with Crippen molar-refractivity contribution in [3.63, 3.8) is 0 Å². The van der Waals surface area contributed by atoms with Crippen LogP contribution >= 0.6 is 0 Å². The van der Waals surface area contributed by atoms with Crippen molar-refractivity contribution in [1.29, 1.82) is 0 Å². The number of aromatic nitrogens is 4. The van der Waals surface area contributed by atoms with Gasteiger partial charge in [-0.05, 0) is 37.3 Å². The van der Waals surface area contributed by atoms with Crippen LogP contribution in [0.25, 0.3) is 11.6 Å². The van der Waals surface area contributed by atoms with Gasteiger partial charge < -0.3 is 10.3 Å². The molecule has 3 rings (SSSR count). The summed E-state index contributed by atoms with van der Waals surface area (Å²) in [6.07, 6.45) is 7.75. The van der Waals surface area contributed by atoms with Gasteiger partial charge in [-0.25, -0.2) is 9.97 Å². The SMILES string of the molecule is Cc1cnc(-c2noc(CC3(CN)CCC3)n2)nc1. The first kappa shape index (κ1) is 12.2. The van der Waals surface area contributed by atoms with Gasteiger partial charge in [0.05, 0.1) is 0 Å². The average Bonchev–Trinajstić information content (AvgIpc) is 2.83. The molecule has 19 heavy (non-hydrogen) atoms. The highest BCUT2D eigenvalue weighted by Crippen LogP contribution is 2.42. The van der Waals surface area contributed by atoms with E-state index in [1.807, 2.05) is 6.92 Å². The van der Waals surface area contributed by atoms with E-state index in [1.54, 1.807) is 12.4 Å². The van der Waals surface area contributed by atoms with Gasteiger partial charge in [-0.15, -0.1) is 0 Å². The molecule has 0 radical (unpaired) electrons. The zero-order valence-electron chi connectivity index (χ0n) is 11.0. The number of hydrogen-bond acceptors (Lipinski definition) is 6. The summed E-state index contributed by atoms with van der Waals surface area (Å²) in [6.45, 7) is 2.61. The highest BCUT2D eigenvalue weighted by Gasteiger charge is 2.37. The summed E-state index contributed by atoms with van der Waals surface area (Å²) < 4.78 is 5.29. The smallest absolute Gasteiger partial charge is 0.240 e. The standard InChI is InChI=1S/C13H17N5O/c1-9-6-15-11(16-7-9)12-17-10(19-18-12)5-13(8-14)3-2-4-13/h6-7H,2-5,8,14H2,1H3. The number of hydrogen-bond donors (Lipinski definition) is 1. The number of rotatable bonds is 4. The third-order valence-electron chi connectivity index (χ3n) is 3.82. The third kappa shape index (κ3) is 2.35. The predicted molar refractivity (Wildman–Crippen MR) is 69.1 cm³/mol. The van der Waals surface area contributed by atoms with Crippen molar-refractivity contribution < 1.29 is 4.52 Å². The Hall–Kier alpha value is -1.82. The Morgan fingerprint density at radius 1 is 1.26 bits per heavy atom. The van der Waals surface area contributed by atoms with E-state index in [0.717, 1.165) is 24.8 Å². The topological polar surface area (TPSA) is 90.7 Å². The molecule has 0 unspecified atom stereocenters. The van der Waals surface area contributed by atoms with Crippen LogP contribution in [0, 0.1) is 12.3 Å². The summed E-state index contributed by atoms with van der Waals surface area (Å²) in [5, 5.41) is 3.94. The van der Waals surface area contributed by atoms with Gasteiger partial charge in [-0.3, -0.25) is 0 Å². The molecule has 6 nitrogen and oxygen atoms in total. The molecule has 0 aliphatic heterocycles. The number of nitrogens with two attached hydrogens (primary N) is 1. The fraction of sp³-hybridized carbons (Fsp3) is 0.538. The van der Waals surface area contributed by atoms with Crippen LogP contribution in [0.15, 0.2) is 16.9 Å². The minimum atomic E-state index is 0.165. The lowest BCUT2D eigenvalue weighted by atomic mass is 9.67. The van der Waals surface area contributed by atoms with Crippen LogP contribution in [0.5, 0.6) is 0 Å². The first-order chi connectivity index (χ1) is 9.21. The van der Waals surface area contributed by atoms with Gasteiger partial charge in [0.25, 0.3) is 0 Å². The van der Waals surface area contributed by atoms with Crippen molar-refractivity contribution in [1.82, 2.24) is 20.1 Å². The molecule has 1 saturated carbocycles. The molecule has 0 amide bonds. The summed E-state index contributed by atoms with van der Waals surface area (Å²) in [5.41, 5.74) is 7.00. The van der Waals surface area contributed by atoms with E-state index in [-0.39, 0.29) is 5.41 Å². The fourth-order valence-corrected chi connectivity index (χ4v) is 2.38. The fourth-order valence-electron chi connectivity index (χ4n) is 2.38. The molecule has 100 valence electrons. The van der Waals surface area contributed by atoms with E-state index < -0.39 is 0 Å². The van der Waals surface area contributed by atoms with Crippen LogP contribution < -0.4 is 5.73 Å². The molecule has 1 aliphatic rings. The van der Waals surface area contributed by atoms with Crippen LogP contribution in [0.3, 0.4) is 0 Å². The second kappa shape index (κ2) is 4.70. The lowest BCUT2D eigenvalue weighted by Crippen LogP contribution is -2.39. The summed E-state index contributed by atoms with van der Waals surface area (Å²) >= 11 is 0. The zero-order valence-corrected chi connectivity index (χ0v) is 11.0. The maximum atomic E-state index is 5.84. The molecule has 0 aromatic carbocycles. The molecule has 1 aliphatic carbocycles. The van der Waals surface area contributed by atoms with Gasteiger partial charge in [0.1, 0.15) is 0 Å². The molecular formula is C13H17N5O. The van der Waals surface area contributed by atoms with E-state index >= 15 is 0 Å². The molecule has 2 heterocycles. The molecule has 0 bridgehead atoms. The van der Waals surface area contributed by atoms with E-state index in [9.17, 15) is 0 Å². The largest absolute Gasteiger partial charge is 0.339 e. The Morgan fingerprint density at radius 2 is 2.00 bits per heavy atom. The Bertz CT molecular complexity index is 553. The predicted octanol–water partition coefficient (Wildman–Crippen LogP) is 1.51. The second-order valence-electron chi connectivity index (χ2n) is 5.33. The van der Waals surface area contributed by atoms with Crippen molar-refractivity contribution in [3.05, 3.63) is 23.8 Å². The second-order valence-corrected chi connectivity index (χ2v) is 5.33. The van der Waals surface area contributed by atoms with Crippen molar-refractivity contribution in [2.45, 2.75) is 32.6 Å². The first-order valence-corrected chi connectivity index (χ1v) is 6.52.